The summed E-state index contributed by atoms with van der Waals surface area (Å²) in [5.74, 6) is 2.37. The lowest BCUT2D eigenvalue weighted by Gasteiger charge is -2.32. The molecule has 2 fully saturated rings. The molecule has 112 valence electrons. The van der Waals surface area contributed by atoms with E-state index in [2.05, 4.69) is 28.8 Å². The predicted octanol–water partition coefficient (Wildman–Crippen LogP) is 2.63. The average molecular weight is 364 g/mol. The van der Waals surface area contributed by atoms with Crippen molar-refractivity contribution in [3.8, 4) is 12.3 Å². The van der Waals surface area contributed by atoms with Crippen LogP contribution in [0.25, 0.3) is 0 Å². The minimum Gasteiger partial charge on any atom is -0.389 e. The van der Waals surface area contributed by atoms with Crippen molar-refractivity contribution < 1.29 is 14.6 Å². The number of aliphatic hydroxyl groups is 1. The number of hydrogen-bond donors (Lipinski definition) is 1. The number of fused-ring (bicyclic) bond motifs is 1. The van der Waals surface area contributed by atoms with Gasteiger partial charge in [0.15, 0.2) is 0 Å². The van der Waals surface area contributed by atoms with Gasteiger partial charge in [-0.05, 0) is 18.9 Å². The van der Waals surface area contributed by atoms with Gasteiger partial charge in [0.25, 0.3) is 0 Å². The van der Waals surface area contributed by atoms with E-state index >= 15 is 0 Å². The highest BCUT2D eigenvalue weighted by molar-refractivity contribution is 9.09. The zero-order valence-electron chi connectivity index (χ0n) is 11.4. The summed E-state index contributed by atoms with van der Waals surface area (Å²) in [7, 11) is 0. The van der Waals surface area contributed by atoms with E-state index in [1.807, 2.05) is 0 Å². The molecule has 2 heterocycles. The quantitative estimate of drug-likeness (QED) is 0.474. The Labute approximate surface area is 133 Å². The number of aliphatic hydroxyl groups excluding tert-OH is 1. The lowest BCUT2D eigenvalue weighted by atomic mass is 9.98. The van der Waals surface area contributed by atoms with Crippen LogP contribution in [0, 0.1) is 12.3 Å². The molecule has 0 aliphatic carbocycles. The SMILES string of the molecule is C#C/C=C\[C@H](Cl)C(O)[C@@H]1C[C@@H]2O[C@@H]2C[C@@H](Br)[C@H](CC)O1. The first-order valence-corrected chi connectivity index (χ1v) is 8.32. The Bertz CT molecular complexity index is 395. The summed E-state index contributed by atoms with van der Waals surface area (Å²) in [5, 5.41) is 9.82. The fourth-order valence-electron chi connectivity index (χ4n) is 2.60. The van der Waals surface area contributed by atoms with Crippen LogP contribution in [0.5, 0.6) is 0 Å². The van der Waals surface area contributed by atoms with Gasteiger partial charge in [-0.2, -0.15) is 0 Å². The minimum atomic E-state index is -0.794. The highest BCUT2D eigenvalue weighted by Crippen LogP contribution is 2.38. The third-order valence-corrected chi connectivity index (χ3v) is 5.22. The van der Waals surface area contributed by atoms with Crippen LogP contribution >= 0.6 is 27.5 Å². The van der Waals surface area contributed by atoms with Gasteiger partial charge in [0.05, 0.1) is 29.8 Å². The summed E-state index contributed by atoms with van der Waals surface area (Å²) in [5.41, 5.74) is 0. The Kier molecular flexibility index (Phi) is 5.95. The molecule has 0 radical (unpaired) electrons. The summed E-state index contributed by atoms with van der Waals surface area (Å²) in [6.07, 6.45) is 10.2. The molecule has 0 saturated carbocycles. The second-order valence-electron chi connectivity index (χ2n) is 5.28. The molecule has 0 spiro atoms. The molecule has 0 amide bonds. The number of allylic oxidation sites excluding steroid dienone is 1. The van der Waals surface area contributed by atoms with Gasteiger partial charge in [0.2, 0.25) is 0 Å². The lowest BCUT2D eigenvalue weighted by Crippen LogP contribution is -2.42. The molecule has 2 aliphatic rings. The van der Waals surface area contributed by atoms with Crippen LogP contribution in [0.3, 0.4) is 0 Å². The standard InChI is InChI=1S/C15H20BrClO3/c1-3-5-6-10(17)15(18)14-8-13-12(20-13)7-9(16)11(4-2)19-14/h1,5-6,9-15,18H,4,7-8H2,2H3/b6-5-/t9-,10+,11+,12-,13+,14+,15?/m1/s1. The summed E-state index contributed by atoms with van der Waals surface area (Å²) in [6.45, 7) is 2.08. The Morgan fingerprint density at radius 2 is 2.15 bits per heavy atom. The van der Waals surface area contributed by atoms with Crippen LogP contribution in [-0.2, 0) is 9.47 Å². The van der Waals surface area contributed by atoms with Crippen molar-refractivity contribution in [2.75, 3.05) is 0 Å². The normalized spacial score (nSPS) is 40.2. The highest BCUT2D eigenvalue weighted by Gasteiger charge is 2.47. The van der Waals surface area contributed by atoms with Crippen molar-refractivity contribution in [1.29, 1.82) is 0 Å². The van der Waals surface area contributed by atoms with Crippen LogP contribution in [-0.4, -0.2) is 45.8 Å². The molecule has 1 N–H and O–H groups in total. The minimum absolute atomic E-state index is 0.0558. The maximum atomic E-state index is 10.4. The third kappa shape index (κ3) is 3.99. The summed E-state index contributed by atoms with van der Waals surface area (Å²) in [6, 6.07) is 0. The first kappa shape index (κ1) is 16.3. The van der Waals surface area contributed by atoms with Gasteiger partial charge >= 0.3 is 0 Å². The van der Waals surface area contributed by atoms with Gasteiger partial charge < -0.3 is 14.6 Å². The number of ether oxygens (including phenoxy) is 2. The van der Waals surface area contributed by atoms with Crippen LogP contribution in [0.2, 0.25) is 0 Å². The van der Waals surface area contributed by atoms with E-state index in [9.17, 15) is 5.11 Å². The summed E-state index contributed by atoms with van der Waals surface area (Å²) >= 11 is 9.82. The van der Waals surface area contributed by atoms with E-state index in [0.29, 0.717) is 6.42 Å². The smallest absolute Gasteiger partial charge is 0.100 e. The maximum absolute atomic E-state index is 10.4. The molecule has 2 rings (SSSR count). The van der Waals surface area contributed by atoms with E-state index in [4.69, 9.17) is 27.5 Å². The van der Waals surface area contributed by atoms with Gasteiger partial charge in [0, 0.05) is 11.2 Å². The molecule has 20 heavy (non-hydrogen) atoms. The van der Waals surface area contributed by atoms with Crippen LogP contribution < -0.4 is 0 Å². The summed E-state index contributed by atoms with van der Waals surface area (Å²) < 4.78 is 11.7. The number of alkyl halides is 2. The van der Waals surface area contributed by atoms with Crippen LogP contribution in [0.1, 0.15) is 26.2 Å². The second kappa shape index (κ2) is 7.29. The van der Waals surface area contributed by atoms with Crippen molar-refractivity contribution in [3.63, 3.8) is 0 Å². The monoisotopic (exact) mass is 362 g/mol. The number of terminal acetylenes is 1. The van der Waals surface area contributed by atoms with Crippen LogP contribution in [0.15, 0.2) is 12.2 Å². The topological polar surface area (TPSA) is 42.0 Å². The van der Waals surface area contributed by atoms with Crippen molar-refractivity contribution in [2.45, 2.75) is 66.9 Å². The van der Waals surface area contributed by atoms with E-state index in [1.165, 1.54) is 6.08 Å². The Hall–Kier alpha value is -0.0500. The molecular formula is C15H20BrClO3. The second-order valence-corrected chi connectivity index (χ2v) is 6.96. The van der Waals surface area contributed by atoms with E-state index < -0.39 is 11.5 Å². The van der Waals surface area contributed by atoms with Crippen molar-refractivity contribution in [1.82, 2.24) is 0 Å². The number of rotatable bonds is 4. The van der Waals surface area contributed by atoms with E-state index in [1.54, 1.807) is 6.08 Å². The van der Waals surface area contributed by atoms with Gasteiger partial charge in [0.1, 0.15) is 6.10 Å². The van der Waals surface area contributed by atoms with Gasteiger partial charge in [-0.25, -0.2) is 0 Å². The van der Waals surface area contributed by atoms with Crippen molar-refractivity contribution in [2.24, 2.45) is 0 Å². The maximum Gasteiger partial charge on any atom is 0.100 e. The fraction of sp³-hybridized carbons (Fsp3) is 0.733. The molecule has 3 nitrogen and oxygen atoms in total. The highest BCUT2D eigenvalue weighted by atomic mass is 79.9. The number of halogens is 2. The average Bonchev–Trinajstić information content (AvgIpc) is 3.14. The lowest BCUT2D eigenvalue weighted by molar-refractivity contribution is -0.0828. The number of epoxide rings is 1. The first-order chi connectivity index (χ1) is 9.56. The first-order valence-electron chi connectivity index (χ1n) is 6.96. The largest absolute Gasteiger partial charge is 0.389 e. The third-order valence-electron chi connectivity index (χ3n) is 3.85. The zero-order valence-corrected chi connectivity index (χ0v) is 13.8. The van der Waals surface area contributed by atoms with Gasteiger partial charge in [-0.3, -0.25) is 0 Å². The van der Waals surface area contributed by atoms with Gasteiger partial charge in [-0.15, -0.1) is 18.0 Å². The molecule has 7 atom stereocenters. The number of hydrogen-bond acceptors (Lipinski definition) is 3. The van der Waals surface area contributed by atoms with Crippen molar-refractivity contribution >= 4 is 27.5 Å². The van der Waals surface area contributed by atoms with Crippen LogP contribution in [0.4, 0.5) is 0 Å². The molecular weight excluding hydrogens is 344 g/mol. The molecule has 2 aliphatic heterocycles. The Morgan fingerprint density at radius 3 is 2.80 bits per heavy atom. The Balaban J connectivity index is 2.04. The molecule has 0 bridgehead atoms. The molecule has 0 aromatic rings. The zero-order chi connectivity index (χ0) is 14.7. The van der Waals surface area contributed by atoms with E-state index in [-0.39, 0.29) is 29.2 Å². The summed E-state index contributed by atoms with van der Waals surface area (Å²) in [4.78, 5) is 0.243. The Morgan fingerprint density at radius 1 is 1.45 bits per heavy atom. The fourth-order valence-corrected chi connectivity index (χ4v) is 3.70. The molecule has 5 heteroatoms. The van der Waals surface area contributed by atoms with Crippen molar-refractivity contribution in [3.05, 3.63) is 12.2 Å². The molecule has 0 aromatic carbocycles. The van der Waals surface area contributed by atoms with Gasteiger partial charge in [-0.1, -0.05) is 34.9 Å². The molecule has 1 unspecified atom stereocenters. The predicted molar refractivity (Wildman–Crippen MR) is 83.2 cm³/mol. The molecule has 0 aromatic heterocycles. The molecule has 2 saturated heterocycles. The van der Waals surface area contributed by atoms with E-state index in [0.717, 1.165) is 12.8 Å².